The van der Waals surface area contributed by atoms with Crippen LogP contribution in [0.5, 0.6) is 5.75 Å². The molecule has 2 amide bonds. The number of hydrogen-bond donors (Lipinski definition) is 3. The van der Waals surface area contributed by atoms with Gasteiger partial charge in [0.15, 0.2) is 0 Å². The number of unbranched alkanes of at least 4 members (excludes halogenated alkanes) is 1. The quantitative estimate of drug-likeness (QED) is 0.136. The number of carbonyl (C=O) groups is 4. The zero-order valence-corrected chi connectivity index (χ0v) is 29.7. The number of carboxylic acid groups (broad SMARTS) is 1. The highest BCUT2D eigenvalue weighted by Crippen LogP contribution is 2.48. The molecular formula is C36H52N2O11. The summed E-state index contributed by atoms with van der Waals surface area (Å²) in [6.07, 6.45) is 4.37. The van der Waals surface area contributed by atoms with E-state index in [2.05, 4.69) is 5.32 Å². The lowest BCUT2D eigenvalue weighted by Crippen LogP contribution is -2.42. The number of methoxy groups -OCH3 is 2. The van der Waals surface area contributed by atoms with E-state index in [-0.39, 0.29) is 31.3 Å². The van der Waals surface area contributed by atoms with Gasteiger partial charge in [-0.1, -0.05) is 30.7 Å². The van der Waals surface area contributed by atoms with Crippen molar-refractivity contribution in [3.8, 4) is 5.75 Å². The SMILES string of the molecule is COc1cc2cc(c1C)N(C)C(=O)CC(OC(=O)CCCCC(=O)O)C1(C)OC1C(C)C(OC(=O)NCO)CCC(OC)/C=C/C=C(\C)C2. The number of epoxide rings is 1. The van der Waals surface area contributed by atoms with Gasteiger partial charge in [-0.05, 0) is 70.6 Å². The highest BCUT2D eigenvalue weighted by molar-refractivity contribution is 5.94. The number of hydrogen-bond acceptors (Lipinski definition) is 10. The number of benzene rings is 1. The number of aliphatic hydroxyl groups excluding tert-OH is 1. The lowest BCUT2D eigenvalue weighted by atomic mass is 9.86. The van der Waals surface area contributed by atoms with E-state index in [9.17, 15) is 24.3 Å². The van der Waals surface area contributed by atoms with Crippen LogP contribution < -0.4 is 15.0 Å². The topological polar surface area (TPSA) is 173 Å². The van der Waals surface area contributed by atoms with Crippen LogP contribution in [0.2, 0.25) is 0 Å². The molecule has 13 nitrogen and oxygen atoms in total. The molecule has 2 aliphatic heterocycles. The van der Waals surface area contributed by atoms with Crippen LogP contribution in [0.15, 0.2) is 35.9 Å². The molecule has 1 saturated heterocycles. The van der Waals surface area contributed by atoms with E-state index in [0.717, 1.165) is 16.7 Å². The maximum absolute atomic E-state index is 14.0. The predicted molar refractivity (Wildman–Crippen MR) is 181 cm³/mol. The number of esters is 1. The van der Waals surface area contributed by atoms with Gasteiger partial charge in [0, 0.05) is 38.5 Å². The van der Waals surface area contributed by atoms with E-state index in [0.29, 0.717) is 43.5 Å². The first kappa shape index (κ1) is 39.5. The summed E-state index contributed by atoms with van der Waals surface area (Å²) in [5, 5.41) is 20.4. The fourth-order valence-corrected chi connectivity index (χ4v) is 6.29. The number of nitrogens with one attached hydrogen (secondary N) is 1. The molecule has 13 heteroatoms. The summed E-state index contributed by atoms with van der Waals surface area (Å²) in [7, 11) is 4.85. The average Bonchev–Trinajstić information content (AvgIpc) is 3.75. The maximum Gasteiger partial charge on any atom is 0.409 e. The van der Waals surface area contributed by atoms with Crippen molar-refractivity contribution in [1.29, 1.82) is 0 Å². The van der Waals surface area contributed by atoms with Crippen molar-refractivity contribution in [2.75, 3.05) is 32.9 Å². The standard InChI is InChI=1S/C36H52N2O11/c1-22-11-10-12-26(45-6)15-16-28(47-35(44)37-21-39)24(3)34-36(4,49-34)30(48-33(43)14-9-8-13-32(41)42)20-31(40)38(5)27-18-25(17-22)19-29(46-7)23(27)2/h10-12,18-19,24,26,28,30,34,39H,8-9,13-17,20-21H2,1-7H3,(H,37,44)(H,41,42)/b12-10+,22-11+. The summed E-state index contributed by atoms with van der Waals surface area (Å²) in [6.45, 7) is 6.91. The molecule has 1 aromatic rings. The first-order valence-electron chi connectivity index (χ1n) is 16.7. The zero-order valence-electron chi connectivity index (χ0n) is 29.7. The second-order valence-corrected chi connectivity index (χ2v) is 13.0. The van der Waals surface area contributed by atoms with E-state index in [1.165, 1.54) is 4.90 Å². The number of alkyl carbamates (subject to hydrolysis) is 1. The molecule has 3 rings (SSSR count). The van der Waals surface area contributed by atoms with E-state index in [4.69, 9.17) is 28.8 Å². The third-order valence-electron chi connectivity index (χ3n) is 9.30. The van der Waals surface area contributed by atoms with Crippen LogP contribution in [0.1, 0.15) is 76.8 Å². The van der Waals surface area contributed by atoms with Crippen molar-refractivity contribution >= 4 is 29.6 Å². The molecule has 3 N–H and O–H groups in total. The van der Waals surface area contributed by atoms with Crippen molar-refractivity contribution in [2.45, 2.75) is 109 Å². The van der Waals surface area contributed by atoms with Crippen LogP contribution >= 0.6 is 0 Å². The minimum absolute atomic E-state index is 0.0195. The molecule has 0 radical (unpaired) electrons. The highest BCUT2D eigenvalue weighted by atomic mass is 16.7. The van der Waals surface area contributed by atoms with Crippen molar-refractivity contribution in [2.24, 2.45) is 5.92 Å². The number of carboxylic acids is 1. The smallest absolute Gasteiger partial charge is 0.409 e. The number of fused-ring (bicyclic) bond motifs is 3. The second kappa shape index (κ2) is 18.2. The highest BCUT2D eigenvalue weighted by Gasteiger charge is 2.63. The van der Waals surface area contributed by atoms with Gasteiger partial charge in [0.05, 0.1) is 31.4 Å². The number of allylic oxidation sites excluding steroid dienone is 3. The molecule has 0 spiro atoms. The normalized spacial score (nSPS) is 28.0. The maximum atomic E-state index is 14.0. The Labute approximate surface area is 288 Å². The Kier molecular flexibility index (Phi) is 14.6. The van der Waals surface area contributed by atoms with Crippen LogP contribution in [0, 0.1) is 12.8 Å². The number of rotatable bonds is 10. The zero-order chi connectivity index (χ0) is 36.3. The molecule has 1 aromatic carbocycles. The molecule has 0 aliphatic carbocycles. The fraction of sp³-hybridized carbons (Fsp3) is 0.611. The summed E-state index contributed by atoms with van der Waals surface area (Å²) >= 11 is 0. The fourth-order valence-electron chi connectivity index (χ4n) is 6.29. The summed E-state index contributed by atoms with van der Waals surface area (Å²) in [5.74, 6) is -1.61. The van der Waals surface area contributed by atoms with E-state index >= 15 is 0 Å². The van der Waals surface area contributed by atoms with Gasteiger partial charge in [-0.3, -0.25) is 19.7 Å². The van der Waals surface area contributed by atoms with E-state index < -0.39 is 54.6 Å². The molecule has 2 heterocycles. The van der Waals surface area contributed by atoms with Crippen LogP contribution in [-0.2, 0) is 39.8 Å². The third-order valence-corrected chi connectivity index (χ3v) is 9.30. The van der Waals surface area contributed by atoms with Gasteiger partial charge in [-0.2, -0.15) is 0 Å². The third kappa shape index (κ3) is 11.0. The van der Waals surface area contributed by atoms with Gasteiger partial charge in [0.25, 0.3) is 0 Å². The first-order chi connectivity index (χ1) is 23.2. The minimum Gasteiger partial charge on any atom is -0.496 e. The number of carbonyl (C=O) groups excluding carboxylic acids is 3. The Morgan fingerprint density at radius 1 is 1.10 bits per heavy atom. The van der Waals surface area contributed by atoms with Gasteiger partial charge in [-0.15, -0.1) is 0 Å². The summed E-state index contributed by atoms with van der Waals surface area (Å²) in [6, 6.07) is 3.90. The number of aliphatic hydroxyl groups is 1. The molecule has 272 valence electrons. The van der Waals surface area contributed by atoms with Crippen LogP contribution in [0.25, 0.3) is 0 Å². The second-order valence-electron chi connectivity index (χ2n) is 13.0. The molecular weight excluding hydrogens is 636 g/mol. The van der Waals surface area contributed by atoms with Gasteiger partial charge < -0.3 is 38.8 Å². The molecule has 1 fully saturated rings. The van der Waals surface area contributed by atoms with Crippen molar-refractivity contribution < 1.29 is 53.1 Å². The molecule has 2 bridgehead atoms. The number of anilines is 1. The Bertz CT molecular complexity index is 1390. The molecule has 6 atom stereocenters. The monoisotopic (exact) mass is 688 g/mol. The van der Waals surface area contributed by atoms with Crippen molar-refractivity contribution in [3.05, 3.63) is 47.1 Å². The van der Waals surface area contributed by atoms with E-state index in [1.807, 2.05) is 51.1 Å². The largest absolute Gasteiger partial charge is 0.496 e. The first-order valence-corrected chi connectivity index (χ1v) is 16.7. The van der Waals surface area contributed by atoms with Crippen molar-refractivity contribution in [3.63, 3.8) is 0 Å². The van der Waals surface area contributed by atoms with E-state index in [1.54, 1.807) is 28.2 Å². The summed E-state index contributed by atoms with van der Waals surface area (Å²) in [4.78, 5) is 52.0. The lowest BCUT2D eigenvalue weighted by Gasteiger charge is -2.28. The number of nitrogens with zero attached hydrogens (tertiary/aromatic N) is 1. The Morgan fingerprint density at radius 2 is 1.82 bits per heavy atom. The Balaban J connectivity index is 2.02. The Morgan fingerprint density at radius 3 is 2.47 bits per heavy atom. The van der Waals surface area contributed by atoms with Crippen LogP contribution in [0.3, 0.4) is 0 Å². The van der Waals surface area contributed by atoms with Crippen molar-refractivity contribution in [1.82, 2.24) is 5.32 Å². The van der Waals surface area contributed by atoms with Gasteiger partial charge in [0.1, 0.15) is 30.3 Å². The summed E-state index contributed by atoms with van der Waals surface area (Å²) in [5.41, 5.74) is 2.32. The average molecular weight is 689 g/mol. The number of amides is 2. The van der Waals surface area contributed by atoms with Gasteiger partial charge in [-0.25, -0.2) is 4.79 Å². The molecule has 0 saturated carbocycles. The number of aliphatic carboxylic acids is 1. The predicted octanol–water partition coefficient (Wildman–Crippen LogP) is 4.61. The van der Waals surface area contributed by atoms with Gasteiger partial charge >= 0.3 is 18.0 Å². The van der Waals surface area contributed by atoms with Gasteiger partial charge in [0.2, 0.25) is 5.91 Å². The van der Waals surface area contributed by atoms with Crippen LogP contribution in [-0.4, -0.2) is 92.2 Å². The lowest BCUT2D eigenvalue weighted by molar-refractivity contribution is -0.154. The Hall–Kier alpha value is -3.94. The molecule has 0 aromatic heterocycles. The molecule has 49 heavy (non-hydrogen) atoms. The summed E-state index contributed by atoms with van der Waals surface area (Å²) < 4.78 is 29.3. The molecule has 6 unspecified atom stereocenters. The number of ether oxygens (including phenoxy) is 5. The molecule has 2 aliphatic rings. The van der Waals surface area contributed by atoms with Crippen LogP contribution in [0.4, 0.5) is 10.5 Å². The minimum atomic E-state index is -1.10.